The molecule has 1 aromatic rings. The predicted molar refractivity (Wildman–Crippen MR) is 69.7 cm³/mol. The van der Waals surface area contributed by atoms with Crippen molar-refractivity contribution in [2.24, 2.45) is 5.73 Å². The van der Waals surface area contributed by atoms with Gasteiger partial charge in [-0.25, -0.2) is 0 Å². The molecule has 1 fully saturated rings. The first kappa shape index (κ1) is 10.9. The average molecular weight is 232 g/mol. The normalized spacial score (nSPS) is 21.2. The van der Waals surface area contributed by atoms with Gasteiger partial charge in [0.2, 0.25) is 0 Å². The van der Waals surface area contributed by atoms with Crippen LogP contribution in [0.25, 0.3) is 0 Å². The van der Waals surface area contributed by atoms with Crippen molar-refractivity contribution < 1.29 is 5.11 Å². The van der Waals surface area contributed by atoms with Crippen LogP contribution >= 0.6 is 0 Å². The molecule has 3 nitrogen and oxygen atoms in total. The van der Waals surface area contributed by atoms with E-state index < -0.39 is 0 Å². The number of hydrogen-bond donors (Lipinski definition) is 2. The highest BCUT2D eigenvalue weighted by Gasteiger charge is 2.40. The van der Waals surface area contributed by atoms with Gasteiger partial charge in [-0.1, -0.05) is 12.5 Å². The number of fused-ring (bicyclic) bond motifs is 1. The van der Waals surface area contributed by atoms with Gasteiger partial charge in [-0.2, -0.15) is 0 Å². The molecule has 0 aromatic heterocycles. The van der Waals surface area contributed by atoms with Crippen LogP contribution in [0.3, 0.4) is 0 Å². The Morgan fingerprint density at radius 1 is 1.41 bits per heavy atom. The molecule has 92 valence electrons. The third-order valence-electron chi connectivity index (χ3n) is 4.64. The number of rotatable bonds is 2. The Hall–Kier alpha value is -1.22. The zero-order chi connectivity index (χ0) is 12.0. The molecule has 0 radical (unpaired) electrons. The number of nitrogens with zero attached hydrogens (tertiary/aromatic N) is 1. The summed E-state index contributed by atoms with van der Waals surface area (Å²) in [7, 11) is 2.08. The van der Waals surface area contributed by atoms with Crippen LogP contribution in [0, 0.1) is 0 Å². The second kappa shape index (κ2) is 3.64. The molecule has 1 saturated carbocycles. The lowest BCUT2D eigenvalue weighted by molar-refractivity contribution is 0.245. The zero-order valence-corrected chi connectivity index (χ0v) is 10.4. The topological polar surface area (TPSA) is 49.5 Å². The summed E-state index contributed by atoms with van der Waals surface area (Å²) < 4.78 is 0. The molecule has 1 aliphatic carbocycles. The predicted octanol–water partition coefficient (Wildman–Crippen LogP) is 1.76. The van der Waals surface area contributed by atoms with E-state index in [1.54, 1.807) is 0 Å². The van der Waals surface area contributed by atoms with Crippen LogP contribution in [0.4, 0.5) is 5.69 Å². The summed E-state index contributed by atoms with van der Waals surface area (Å²) in [6.45, 7) is 1.65. The molecule has 0 unspecified atom stereocenters. The first-order valence-electron chi connectivity index (χ1n) is 6.44. The largest absolute Gasteiger partial charge is 0.507 e. The van der Waals surface area contributed by atoms with Gasteiger partial charge in [0.25, 0.3) is 0 Å². The van der Waals surface area contributed by atoms with Crippen molar-refractivity contribution in [3.8, 4) is 5.75 Å². The van der Waals surface area contributed by atoms with E-state index in [9.17, 15) is 5.11 Å². The van der Waals surface area contributed by atoms with Crippen LogP contribution in [0.1, 0.15) is 30.4 Å². The quantitative estimate of drug-likeness (QED) is 0.817. The average Bonchev–Trinajstić information content (AvgIpc) is 2.64. The summed E-state index contributed by atoms with van der Waals surface area (Å²) in [5, 5.41) is 10.5. The molecule has 3 N–H and O–H groups in total. The number of phenols is 1. The standard InChI is InChI=1S/C14H20N2O/c1-16-8-5-10-12(16)4-3-11(13(10)17)14(9-15)6-2-7-14/h3-4,17H,2,5-9,15H2,1H3. The summed E-state index contributed by atoms with van der Waals surface area (Å²) in [6.07, 6.45) is 4.41. The Kier molecular flexibility index (Phi) is 2.33. The van der Waals surface area contributed by atoms with Crippen molar-refractivity contribution in [2.75, 3.05) is 25.0 Å². The van der Waals surface area contributed by atoms with Crippen LogP contribution in [0.2, 0.25) is 0 Å². The molecule has 1 aliphatic heterocycles. The first-order chi connectivity index (χ1) is 8.18. The summed E-state index contributed by atoms with van der Waals surface area (Å²) in [6, 6.07) is 4.23. The third-order valence-corrected chi connectivity index (χ3v) is 4.64. The molecule has 1 aromatic carbocycles. The number of aromatic hydroxyl groups is 1. The SMILES string of the molecule is CN1CCc2c1ccc(C1(CN)CCC1)c2O. The molecular formula is C14H20N2O. The van der Waals surface area contributed by atoms with E-state index in [1.807, 2.05) is 0 Å². The molecule has 17 heavy (non-hydrogen) atoms. The lowest BCUT2D eigenvalue weighted by atomic mass is 9.64. The molecule has 3 heteroatoms. The van der Waals surface area contributed by atoms with Crippen molar-refractivity contribution in [2.45, 2.75) is 31.1 Å². The summed E-state index contributed by atoms with van der Waals surface area (Å²) in [5.41, 5.74) is 9.35. The van der Waals surface area contributed by atoms with Gasteiger partial charge < -0.3 is 15.7 Å². The maximum Gasteiger partial charge on any atom is 0.124 e. The third kappa shape index (κ3) is 1.38. The number of nitrogens with two attached hydrogens (primary N) is 1. The van der Waals surface area contributed by atoms with Crippen LogP contribution in [-0.2, 0) is 11.8 Å². The molecule has 0 bridgehead atoms. The van der Waals surface area contributed by atoms with Gasteiger partial charge in [0.05, 0.1) is 0 Å². The molecule has 0 saturated heterocycles. The van der Waals surface area contributed by atoms with Gasteiger partial charge in [-0.05, 0) is 25.3 Å². The molecule has 0 spiro atoms. The highest BCUT2D eigenvalue weighted by Crippen LogP contribution is 2.49. The van der Waals surface area contributed by atoms with Gasteiger partial charge >= 0.3 is 0 Å². The minimum absolute atomic E-state index is 0.0558. The number of hydrogen-bond acceptors (Lipinski definition) is 3. The van der Waals surface area contributed by atoms with Crippen LogP contribution in [0.5, 0.6) is 5.75 Å². The van der Waals surface area contributed by atoms with E-state index in [0.29, 0.717) is 12.3 Å². The van der Waals surface area contributed by atoms with Gasteiger partial charge in [0.15, 0.2) is 0 Å². The van der Waals surface area contributed by atoms with Crippen molar-refractivity contribution in [3.63, 3.8) is 0 Å². The minimum atomic E-state index is 0.0558. The van der Waals surface area contributed by atoms with E-state index in [1.165, 1.54) is 12.1 Å². The number of phenolic OH excluding ortho intramolecular Hbond substituents is 1. The fourth-order valence-corrected chi connectivity index (χ4v) is 3.24. The van der Waals surface area contributed by atoms with E-state index in [-0.39, 0.29) is 5.41 Å². The number of anilines is 1. The monoisotopic (exact) mass is 232 g/mol. The lowest BCUT2D eigenvalue weighted by Crippen LogP contribution is -2.41. The van der Waals surface area contributed by atoms with E-state index in [2.05, 4.69) is 24.1 Å². The highest BCUT2D eigenvalue weighted by molar-refractivity contribution is 5.66. The van der Waals surface area contributed by atoms with Gasteiger partial charge in [0.1, 0.15) is 5.75 Å². The Bertz CT molecular complexity index is 446. The van der Waals surface area contributed by atoms with Gasteiger partial charge in [0, 0.05) is 42.4 Å². The zero-order valence-electron chi connectivity index (χ0n) is 10.4. The van der Waals surface area contributed by atoms with Crippen LogP contribution in [0.15, 0.2) is 12.1 Å². The number of likely N-dealkylation sites (N-methyl/N-ethyl adjacent to an activating group) is 1. The molecular weight excluding hydrogens is 212 g/mol. The van der Waals surface area contributed by atoms with Gasteiger partial charge in [-0.3, -0.25) is 0 Å². The number of benzene rings is 1. The summed E-state index contributed by atoms with van der Waals surface area (Å²) >= 11 is 0. The maximum atomic E-state index is 10.5. The molecule has 0 amide bonds. The van der Waals surface area contributed by atoms with Crippen molar-refractivity contribution in [3.05, 3.63) is 23.3 Å². The maximum absolute atomic E-state index is 10.5. The van der Waals surface area contributed by atoms with Crippen molar-refractivity contribution in [1.29, 1.82) is 0 Å². The van der Waals surface area contributed by atoms with Crippen molar-refractivity contribution >= 4 is 5.69 Å². The second-order valence-corrected chi connectivity index (χ2v) is 5.47. The first-order valence-corrected chi connectivity index (χ1v) is 6.44. The Morgan fingerprint density at radius 3 is 2.76 bits per heavy atom. The Morgan fingerprint density at radius 2 is 2.18 bits per heavy atom. The molecule has 2 aliphatic rings. The molecule has 3 rings (SSSR count). The van der Waals surface area contributed by atoms with E-state index in [0.717, 1.165) is 36.9 Å². The summed E-state index contributed by atoms with van der Waals surface area (Å²) in [5.74, 6) is 0.511. The van der Waals surface area contributed by atoms with Crippen LogP contribution in [-0.4, -0.2) is 25.2 Å². The molecule has 1 heterocycles. The Labute approximate surface area is 102 Å². The van der Waals surface area contributed by atoms with Crippen molar-refractivity contribution in [1.82, 2.24) is 0 Å². The minimum Gasteiger partial charge on any atom is -0.507 e. The van der Waals surface area contributed by atoms with Gasteiger partial charge in [-0.15, -0.1) is 0 Å². The van der Waals surface area contributed by atoms with E-state index in [4.69, 9.17) is 5.73 Å². The fraction of sp³-hybridized carbons (Fsp3) is 0.571. The summed E-state index contributed by atoms with van der Waals surface area (Å²) in [4.78, 5) is 2.20. The van der Waals surface area contributed by atoms with E-state index >= 15 is 0 Å². The smallest absolute Gasteiger partial charge is 0.124 e. The van der Waals surface area contributed by atoms with Crippen LogP contribution < -0.4 is 10.6 Å². The Balaban J connectivity index is 2.08. The lowest BCUT2D eigenvalue weighted by Gasteiger charge is -2.42. The second-order valence-electron chi connectivity index (χ2n) is 5.47. The highest BCUT2D eigenvalue weighted by atomic mass is 16.3. The molecule has 0 atom stereocenters. The fourth-order valence-electron chi connectivity index (χ4n) is 3.24.